The van der Waals surface area contributed by atoms with E-state index in [-0.39, 0.29) is 18.0 Å². The second kappa shape index (κ2) is 7.02. The lowest BCUT2D eigenvalue weighted by molar-refractivity contribution is -0.117. The van der Waals surface area contributed by atoms with Crippen LogP contribution < -0.4 is 10.2 Å². The number of rotatable bonds is 2. The molecule has 0 saturated carbocycles. The number of hydrogen-bond acceptors (Lipinski definition) is 2. The van der Waals surface area contributed by atoms with Crippen molar-refractivity contribution in [3.8, 4) is 0 Å². The average molecular weight is 315 g/mol. The molecule has 0 unspecified atom stereocenters. The summed E-state index contributed by atoms with van der Waals surface area (Å²) in [4.78, 5) is 28.3. The number of carbonyl (C=O) groups excluding carboxylic acids is 2. The van der Waals surface area contributed by atoms with Crippen molar-refractivity contribution in [2.75, 3.05) is 24.5 Å². The lowest BCUT2D eigenvalue weighted by Crippen LogP contribution is -2.46. The Labute approximate surface area is 137 Å². The Hall–Kier alpha value is -2.04. The van der Waals surface area contributed by atoms with Gasteiger partial charge in [0.25, 0.3) is 0 Å². The summed E-state index contributed by atoms with van der Waals surface area (Å²) in [7, 11) is 0. The van der Waals surface area contributed by atoms with Crippen molar-refractivity contribution >= 4 is 17.6 Å². The van der Waals surface area contributed by atoms with Crippen LogP contribution in [-0.2, 0) is 4.79 Å². The molecule has 3 amide bonds. The van der Waals surface area contributed by atoms with Crippen LogP contribution in [0.1, 0.15) is 37.7 Å². The van der Waals surface area contributed by atoms with Crippen molar-refractivity contribution in [2.24, 2.45) is 0 Å². The third kappa shape index (κ3) is 3.84. The number of likely N-dealkylation sites (tertiary alicyclic amines) is 1. The summed E-state index contributed by atoms with van der Waals surface area (Å²) >= 11 is 0. The van der Waals surface area contributed by atoms with Gasteiger partial charge < -0.3 is 15.1 Å². The van der Waals surface area contributed by atoms with Gasteiger partial charge in [-0.3, -0.25) is 4.79 Å². The summed E-state index contributed by atoms with van der Waals surface area (Å²) in [6.07, 6.45) is 4.94. The van der Waals surface area contributed by atoms with Crippen LogP contribution in [0.2, 0.25) is 0 Å². The van der Waals surface area contributed by atoms with Crippen molar-refractivity contribution < 1.29 is 9.59 Å². The molecule has 1 atom stereocenters. The molecular weight excluding hydrogens is 290 g/mol. The smallest absolute Gasteiger partial charge is 0.317 e. The number of carbonyl (C=O) groups is 2. The first kappa shape index (κ1) is 15.8. The first-order valence-electron chi connectivity index (χ1n) is 8.56. The van der Waals surface area contributed by atoms with E-state index in [2.05, 4.69) is 5.32 Å². The quantitative estimate of drug-likeness (QED) is 0.912. The van der Waals surface area contributed by atoms with Crippen LogP contribution in [-0.4, -0.2) is 42.5 Å². The molecule has 2 aliphatic heterocycles. The maximum atomic E-state index is 12.4. The van der Waals surface area contributed by atoms with Crippen molar-refractivity contribution in [3.05, 3.63) is 29.8 Å². The van der Waals surface area contributed by atoms with Crippen LogP contribution in [0.15, 0.2) is 24.3 Å². The molecule has 2 saturated heterocycles. The zero-order chi connectivity index (χ0) is 16.2. The Morgan fingerprint density at radius 1 is 1.09 bits per heavy atom. The van der Waals surface area contributed by atoms with Gasteiger partial charge >= 0.3 is 6.03 Å². The molecule has 2 heterocycles. The summed E-state index contributed by atoms with van der Waals surface area (Å²) in [5, 5.41) is 3.04. The normalized spacial score (nSPS) is 22.1. The molecule has 124 valence electrons. The molecule has 5 heteroatoms. The average Bonchev–Trinajstić information content (AvgIpc) is 2.76. The predicted octanol–water partition coefficient (Wildman–Crippen LogP) is 2.69. The minimum Gasteiger partial charge on any atom is -0.333 e. The molecule has 1 N–H and O–H groups in total. The Bertz CT molecular complexity index is 562. The lowest BCUT2D eigenvalue weighted by Gasteiger charge is -2.23. The number of hydrogen-bond donors (Lipinski definition) is 1. The molecule has 0 radical (unpaired) electrons. The molecular formula is C18H25N3O2. The van der Waals surface area contributed by atoms with Crippen molar-refractivity contribution in [2.45, 2.75) is 45.1 Å². The third-order valence-electron chi connectivity index (χ3n) is 4.69. The van der Waals surface area contributed by atoms with Gasteiger partial charge in [0.2, 0.25) is 5.91 Å². The van der Waals surface area contributed by atoms with Crippen LogP contribution in [0, 0.1) is 6.92 Å². The molecule has 0 aromatic heterocycles. The van der Waals surface area contributed by atoms with Crippen LogP contribution in [0.4, 0.5) is 10.5 Å². The summed E-state index contributed by atoms with van der Waals surface area (Å²) in [5.74, 6) is 0.0787. The number of aryl methyl sites for hydroxylation is 1. The van der Waals surface area contributed by atoms with E-state index in [0.717, 1.165) is 31.6 Å². The highest BCUT2D eigenvalue weighted by Gasteiger charge is 2.32. The number of nitrogens with zero attached hydrogens (tertiary/aromatic N) is 2. The van der Waals surface area contributed by atoms with E-state index < -0.39 is 0 Å². The first-order valence-corrected chi connectivity index (χ1v) is 8.56. The van der Waals surface area contributed by atoms with Crippen molar-refractivity contribution in [3.63, 3.8) is 0 Å². The highest BCUT2D eigenvalue weighted by molar-refractivity contribution is 5.96. The van der Waals surface area contributed by atoms with Gasteiger partial charge in [-0.1, -0.05) is 30.5 Å². The molecule has 0 bridgehead atoms. The maximum absolute atomic E-state index is 12.4. The maximum Gasteiger partial charge on any atom is 0.317 e. The van der Waals surface area contributed by atoms with Gasteiger partial charge in [-0.05, 0) is 31.9 Å². The van der Waals surface area contributed by atoms with Gasteiger partial charge in [0.15, 0.2) is 0 Å². The van der Waals surface area contributed by atoms with E-state index >= 15 is 0 Å². The fraction of sp³-hybridized carbons (Fsp3) is 0.556. The number of amides is 3. The molecule has 3 rings (SSSR count). The van der Waals surface area contributed by atoms with Crippen LogP contribution in [0.3, 0.4) is 0 Å². The van der Waals surface area contributed by atoms with E-state index in [0.29, 0.717) is 13.0 Å². The number of benzene rings is 1. The standard InChI is InChI=1S/C18H25N3O2/c1-14-6-8-16(9-7-14)21-13-15(12-17(21)22)19-18(23)20-10-4-2-3-5-11-20/h6-9,15H,2-5,10-13H2,1H3,(H,19,23)/t15-/m1/s1. The number of anilines is 1. The van der Waals surface area contributed by atoms with Crippen molar-refractivity contribution in [1.82, 2.24) is 10.2 Å². The second-order valence-electron chi connectivity index (χ2n) is 6.59. The Morgan fingerprint density at radius 2 is 1.74 bits per heavy atom. The summed E-state index contributed by atoms with van der Waals surface area (Å²) in [5.41, 5.74) is 2.08. The van der Waals surface area contributed by atoms with E-state index in [1.54, 1.807) is 4.90 Å². The minimum atomic E-state index is -0.0976. The van der Waals surface area contributed by atoms with E-state index in [9.17, 15) is 9.59 Å². The Morgan fingerprint density at radius 3 is 2.39 bits per heavy atom. The van der Waals surface area contributed by atoms with Gasteiger partial charge in [-0.25, -0.2) is 4.79 Å². The fourth-order valence-electron chi connectivity index (χ4n) is 3.32. The van der Waals surface area contributed by atoms with Gasteiger partial charge in [0.1, 0.15) is 0 Å². The molecule has 1 aromatic carbocycles. The molecule has 1 aromatic rings. The number of urea groups is 1. The summed E-state index contributed by atoms with van der Waals surface area (Å²) in [6.45, 7) is 4.24. The number of nitrogens with one attached hydrogen (secondary N) is 1. The third-order valence-corrected chi connectivity index (χ3v) is 4.69. The van der Waals surface area contributed by atoms with E-state index in [1.807, 2.05) is 36.1 Å². The van der Waals surface area contributed by atoms with Crippen LogP contribution in [0.5, 0.6) is 0 Å². The largest absolute Gasteiger partial charge is 0.333 e. The van der Waals surface area contributed by atoms with E-state index in [4.69, 9.17) is 0 Å². The summed E-state index contributed by atoms with van der Waals surface area (Å²) in [6, 6.07) is 7.82. The Kier molecular flexibility index (Phi) is 4.84. The van der Waals surface area contributed by atoms with Gasteiger partial charge in [-0.15, -0.1) is 0 Å². The van der Waals surface area contributed by atoms with Crippen LogP contribution in [0.25, 0.3) is 0 Å². The Balaban J connectivity index is 1.58. The van der Waals surface area contributed by atoms with Gasteiger partial charge in [0.05, 0.1) is 6.04 Å². The van der Waals surface area contributed by atoms with E-state index in [1.165, 1.54) is 18.4 Å². The zero-order valence-electron chi connectivity index (χ0n) is 13.8. The molecule has 0 spiro atoms. The van der Waals surface area contributed by atoms with Crippen molar-refractivity contribution in [1.29, 1.82) is 0 Å². The molecule has 2 aliphatic rings. The van der Waals surface area contributed by atoms with Crippen LogP contribution >= 0.6 is 0 Å². The molecule has 23 heavy (non-hydrogen) atoms. The summed E-state index contributed by atoms with van der Waals surface area (Å²) < 4.78 is 0. The predicted molar refractivity (Wildman–Crippen MR) is 90.5 cm³/mol. The zero-order valence-corrected chi connectivity index (χ0v) is 13.8. The monoisotopic (exact) mass is 315 g/mol. The highest BCUT2D eigenvalue weighted by Crippen LogP contribution is 2.22. The molecule has 0 aliphatic carbocycles. The fourth-order valence-corrected chi connectivity index (χ4v) is 3.32. The lowest BCUT2D eigenvalue weighted by atomic mass is 10.2. The highest BCUT2D eigenvalue weighted by atomic mass is 16.2. The van der Waals surface area contributed by atoms with Gasteiger partial charge in [0, 0.05) is 31.7 Å². The topological polar surface area (TPSA) is 52.7 Å². The molecule has 5 nitrogen and oxygen atoms in total. The minimum absolute atomic E-state index is 0.0181. The van der Waals surface area contributed by atoms with Gasteiger partial charge in [-0.2, -0.15) is 0 Å². The first-order chi connectivity index (χ1) is 11.1. The second-order valence-corrected chi connectivity index (χ2v) is 6.59. The SMILES string of the molecule is Cc1ccc(N2C[C@H](NC(=O)N3CCCCCC3)CC2=O)cc1. The molecule has 2 fully saturated rings.